The molecule has 0 aliphatic heterocycles. The van der Waals surface area contributed by atoms with Gasteiger partial charge in [0.15, 0.2) is 17.7 Å². The molecule has 0 radical (unpaired) electrons. The van der Waals surface area contributed by atoms with E-state index in [0.717, 1.165) is 0 Å². The van der Waals surface area contributed by atoms with Crippen molar-refractivity contribution in [3.8, 4) is 5.75 Å². The highest BCUT2D eigenvalue weighted by Gasteiger charge is 2.25. The fraction of sp³-hybridized carbons (Fsp3) is 0.300. The van der Waals surface area contributed by atoms with Crippen LogP contribution in [0, 0.1) is 11.6 Å². The molecule has 1 amide bonds. The highest BCUT2D eigenvalue weighted by atomic mass is 35.7. The molecule has 106 valence electrons. The van der Waals surface area contributed by atoms with Gasteiger partial charge in [-0.2, -0.15) is 0 Å². The van der Waals surface area contributed by atoms with Crippen molar-refractivity contribution >= 4 is 25.6 Å². The van der Waals surface area contributed by atoms with Gasteiger partial charge < -0.3 is 10.1 Å². The van der Waals surface area contributed by atoms with Crippen LogP contribution in [0.1, 0.15) is 6.92 Å². The molecule has 19 heavy (non-hydrogen) atoms. The zero-order valence-electron chi connectivity index (χ0n) is 9.91. The van der Waals surface area contributed by atoms with Crippen molar-refractivity contribution in [3.05, 3.63) is 23.8 Å². The number of amides is 1. The van der Waals surface area contributed by atoms with Crippen LogP contribution < -0.4 is 10.1 Å². The van der Waals surface area contributed by atoms with Crippen molar-refractivity contribution in [2.45, 2.75) is 17.9 Å². The molecule has 0 spiro atoms. The van der Waals surface area contributed by atoms with Gasteiger partial charge in [0, 0.05) is 23.8 Å². The maximum atomic E-state index is 13.5. The Hall–Kier alpha value is -1.41. The third-order valence-corrected chi connectivity index (χ3v) is 3.47. The first-order valence-electron chi connectivity index (χ1n) is 4.98. The number of benzene rings is 1. The summed E-state index contributed by atoms with van der Waals surface area (Å²) >= 11 is 0. The maximum Gasteiger partial charge on any atom is 0.265 e. The number of ether oxygens (including phenoxy) is 1. The monoisotopic (exact) mass is 313 g/mol. The summed E-state index contributed by atoms with van der Waals surface area (Å²) in [6.45, 7) is 1.27. The van der Waals surface area contributed by atoms with Gasteiger partial charge >= 0.3 is 0 Å². The van der Waals surface area contributed by atoms with E-state index in [-0.39, 0.29) is 0 Å². The number of hydrogen-bond donors (Lipinski definition) is 1. The molecule has 0 aliphatic carbocycles. The molecule has 0 fully saturated rings. The topological polar surface area (TPSA) is 72.5 Å². The number of likely N-dealkylation sites (N-methyl/N-ethyl adjacent to an activating group) is 1. The number of rotatable bonds is 4. The zero-order chi connectivity index (χ0) is 14.8. The van der Waals surface area contributed by atoms with Crippen molar-refractivity contribution in [1.82, 2.24) is 5.32 Å². The lowest BCUT2D eigenvalue weighted by atomic mass is 10.3. The summed E-state index contributed by atoms with van der Waals surface area (Å²) < 4.78 is 53.9. The van der Waals surface area contributed by atoms with Crippen LogP contribution in [0.2, 0.25) is 0 Å². The molecule has 9 heteroatoms. The molecule has 0 aromatic heterocycles. The van der Waals surface area contributed by atoms with E-state index in [1.165, 1.54) is 14.0 Å². The van der Waals surface area contributed by atoms with Gasteiger partial charge in [0.05, 0.1) is 0 Å². The van der Waals surface area contributed by atoms with Gasteiger partial charge in [-0.1, -0.05) is 0 Å². The average Bonchev–Trinajstić information content (AvgIpc) is 2.29. The van der Waals surface area contributed by atoms with Crippen molar-refractivity contribution in [1.29, 1.82) is 0 Å². The molecule has 0 saturated carbocycles. The summed E-state index contributed by atoms with van der Waals surface area (Å²) in [5, 5.41) is 2.23. The maximum absolute atomic E-state index is 13.5. The third kappa shape index (κ3) is 3.77. The van der Waals surface area contributed by atoms with Gasteiger partial charge in [-0.3, -0.25) is 4.79 Å². The Morgan fingerprint density at radius 3 is 2.47 bits per heavy atom. The minimum atomic E-state index is -4.42. The Bertz CT molecular complexity index is 606. The third-order valence-electron chi connectivity index (χ3n) is 2.15. The standard InChI is InChI=1S/C10H10ClF2NO4S/c1-5(10(15)14-2)18-9-7(13)3-6(12)4-8(9)19(11,16)17/h3-5H,1-2H3,(H,14,15). The van der Waals surface area contributed by atoms with Crippen LogP contribution in [0.3, 0.4) is 0 Å². The Kier molecular flexibility index (Phi) is 4.70. The van der Waals surface area contributed by atoms with Crippen LogP contribution in [0.25, 0.3) is 0 Å². The predicted octanol–water partition coefficient (Wildman–Crippen LogP) is 1.41. The molecule has 0 saturated heterocycles. The fourth-order valence-corrected chi connectivity index (χ4v) is 2.23. The van der Waals surface area contributed by atoms with Gasteiger partial charge in [0.1, 0.15) is 10.7 Å². The van der Waals surface area contributed by atoms with Crippen molar-refractivity contribution < 1.29 is 26.7 Å². The van der Waals surface area contributed by atoms with Crippen molar-refractivity contribution in [3.63, 3.8) is 0 Å². The van der Waals surface area contributed by atoms with E-state index in [2.05, 4.69) is 5.32 Å². The molecule has 0 heterocycles. The highest BCUT2D eigenvalue weighted by Crippen LogP contribution is 2.31. The second-order valence-electron chi connectivity index (χ2n) is 3.53. The van der Waals surface area contributed by atoms with Crippen LogP contribution in [-0.4, -0.2) is 27.5 Å². The zero-order valence-corrected chi connectivity index (χ0v) is 11.5. The minimum Gasteiger partial charge on any atom is -0.476 e. The Morgan fingerprint density at radius 2 is 2.00 bits per heavy atom. The van der Waals surface area contributed by atoms with Crippen LogP contribution >= 0.6 is 10.7 Å². The van der Waals surface area contributed by atoms with E-state index < -0.39 is 43.3 Å². The molecule has 1 rings (SSSR count). The Labute approximate surface area is 112 Å². The molecule has 1 N–H and O–H groups in total. The molecular formula is C10H10ClF2NO4S. The molecule has 1 unspecified atom stereocenters. The van der Waals surface area contributed by atoms with Gasteiger partial charge in [0.25, 0.3) is 15.0 Å². The lowest BCUT2D eigenvalue weighted by Gasteiger charge is -2.15. The van der Waals surface area contributed by atoms with Gasteiger partial charge in [0.2, 0.25) is 0 Å². The predicted molar refractivity (Wildman–Crippen MR) is 63.6 cm³/mol. The van der Waals surface area contributed by atoms with E-state index in [4.69, 9.17) is 15.4 Å². The largest absolute Gasteiger partial charge is 0.476 e. The van der Waals surface area contributed by atoms with E-state index in [9.17, 15) is 22.0 Å². The summed E-state index contributed by atoms with van der Waals surface area (Å²) in [7, 11) is 1.96. The second-order valence-corrected chi connectivity index (χ2v) is 6.06. The van der Waals surface area contributed by atoms with E-state index in [1.54, 1.807) is 0 Å². The summed E-state index contributed by atoms with van der Waals surface area (Å²) in [5.41, 5.74) is 0. The van der Waals surface area contributed by atoms with Crippen LogP contribution in [0.5, 0.6) is 5.75 Å². The lowest BCUT2D eigenvalue weighted by Crippen LogP contribution is -2.34. The fourth-order valence-electron chi connectivity index (χ4n) is 1.27. The Balaban J connectivity index is 3.31. The van der Waals surface area contributed by atoms with E-state index in [1.807, 2.05) is 0 Å². The molecule has 5 nitrogen and oxygen atoms in total. The smallest absolute Gasteiger partial charge is 0.265 e. The molecule has 1 atom stereocenters. The second kappa shape index (κ2) is 5.70. The first-order valence-corrected chi connectivity index (χ1v) is 7.29. The summed E-state index contributed by atoms with van der Waals surface area (Å²) in [6.07, 6.45) is -1.18. The quantitative estimate of drug-likeness (QED) is 0.853. The van der Waals surface area contributed by atoms with Gasteiger partial charge in [-0.15, -0.1) is 0 Å². The summed E-state index contributed by atoms with van der Waals surface area (Å²) in [5.74, 6) is -3.80. The molecule has 1 aromatic carbocycles. The lowest BCUT2D eigenvalue weighted by molar-refractivity contribution is -0.126. The van der Waals surface area contributed by atoms with Crippen LogP contribution in [0.15, 0.2) is 17.0 Å². The van der Waals surface area contributed by atoms with E-state index >= 15 is 0 Å². The highest BCUT2D eigenvalue weighted by molar-refractivity contribution is 8.13. The number of nitrogens with one attached hydrogen (secondary N) is 1. The number of carbonyl (C=O) groups is 1. The first-order chi connectivity index (χ1) is 8.66. The Morgan fingerprint density at radius 1 is 1.42 bits per heavy atom. The van der Waals surface area contributed by atoms with Crippen molar-refractivity contribution in [2.75, 3.05) is 7.05 Å². The van der Waals surface area contributed by atoms with Crippen LogP contribution in [-0.2, 0) is 13.8 Å². The average molecular weight is 314 g/mol. The number of carbonyl (C=O) groups excluding carboxylic acids is 1. The minimum absolute atomic E-state index is 0.428. The molecular weight excluding hydrogens is 304 g/mol. The molecule has 0 aliphatic rings. The van der Waals surface area contributed by atoms with E-state index in [0.29, 0.717) is 12.1 Å². The SMILES string of the molecule is CNC(=O)C(C)Oc1c(F)cc(F)cc1S(=O)(=O)Cl. The molecule has 1 aromatic rings. The molecule has 0 bridgehead atoms. The van der Waals surface area contributed by atoms with Crippen molar-refractivity contribution in [2.24, 2.45) is 0 Å². The summed E-state index contributed by atoms with van der Waals surface area (Å²) in [4.78, 5) is 10.4. The van der Waals surface area contributed by atoms with Gasteiger partial charge in [-0.25, -0.2) is 17.2 Å². The number of halogens is 3. The van der Waals surface area contributed by atoms with Gasteiger partial charge in [-0.05, 0) is 13.0 Å². The van der Waals surface area contributed by atoms with Crippen LogP contribution in [0.4, 0.5) is 8.78 Å². The summed E-state index contributed by atoms with van der Waals surface area (Å²) in [6, 6.07) is 0.939. The normalized spacial score (nSPS) is 12.9. The number of hydrogen-bond acceptors (Lipinski definition) is 4. The first kappa shape index (κ1) is 15.6.